The number of methoxy groups -OCH3 is 2. The van der Waals surface area contributed by atoms with E-state index in [2.05, 4.69) is 20.1 Å². The Bertz CT molecular complexity index is 732. The third-order valence-corrected chi connectivity index (χ3v) is 3.68. The average Bonchev–Trinajstić information content (AvgIpc) is 2.67. The number of hydrogen-bond acceptors (Lipinski definition) is 6. The number of nitrogens with one attached hydrogen (secondary N) is 2. The predicted molar refractivity (Wildman–Crippen MR) is 97.4 cm³/mol. The van der Waals surface area contributed by atoms with Gasteiger partial charge >= 0.3 is 11.9 Å². The molecule has 0 unspecified atom stereocenters. The second kappa shape index (κ2) is 11.5. The number of rotatable bonds is 9. The van der Waals surface area contributed by atoms with Crippen molar-refractivity contribution in [3.63, 3.8) is 0 Å². The van der Waals surface area contributed by atoms with Gasteiger partial charge in [0.2, 0.25) is 11.8 Å². The maximum Gasteiger partial charge on any atom is 0.330 e. The van der Waals surface area contributed by atoms with Crippen molar-refractivity contribution in [3.05, 3.63) is 47.8 Å². The molecule has 0 radical (unpaired) electrons. The number of benzene rings is 1. The molecule has 2 N–H and O–H groups in total. The van der Waals surface area contributed by atoms with Crippen molar-refractivity contribution in [2.75, 3.05) is 14.2 Å². The minimum Gasteiger partial charge on any atom is -0.467 e. The zero-order valence-electron chi connectivity index (χ0n) is 15.9. The van der Waals surface area contributed by atoms with E-state index in [9.17, 15) is 23.6 Å². The zero-order chi connectivity index (χ0) is 21.1. The second-order valence-corrected chi connectivity index (χ2v) is 5.83. The van der Waals surface area contributed by atoms with Crippen LogP contribution in [0.3, 0.4) is 0 Å². The first-order valence-electron chi connectivity index (χ1n) is 8.41. The van der Waals surface area contributed by atoms with Crippen LogP contribution in [0.1, 0.15) is 18.9 Å². The Hall–Kier alpha value is -3.23. The predicted octanol–water partition coefficient (Wildman–Crippen LogP) is 0.650. The lowest BCUT2D eigenvalue weighted by molar-refractivity contribution is -0.145. The van der Waals surface area contributed by atoms with Crippen LogP contribution in [-0.2, 0) is 35.1 Å². The zero-order valence-corrected chi connectivity index (χ0v) is 15.9. The fourth-order valence-electron chi connectivity index (χ4n) is 2.31. The molecule has 0 aliphatic heterocycles. The number of carbonyl (C=O) groups excluding carboxylic acids is 4. The second-order valence-electron chi connectivity index (χ2n) is 5.83. The van der Waals surface area contributed by atoms with E-state index in [1.807, 2.05) is 0 Å². The molecule has 0 fully saturated rings. The van der Waals surface area contributed by atoms with Gasteiger partial charge in [0.25, 0.3) is 0 Å². The van der Waals surface area contributed by atoms with Crippen molar-refractivity contribution in [3.8, 4) is 0 Å². The summed E-state index contributed by atoms with van der Waals surface area (Å²) in [5, 5.41) is 4.99. The van der Waals surface area contributed by atoms with E-state index in [1.165, 1.54) is 44.4 Å². The summed E-state index contributed by atoms with van der Waals surface area (Å²) in [6, 6.07) is 3.42. The summed E-state index contributed by atoms with van der Waals surface area (Å²) in [5.41, 5.74) is 0.621. The van der Waals surface area contributed by atoms with Gasteiger partial charge in [0.15, 0.2) is 0 Å². The number of ether oxygens (including phenoxy) is 2. The number of carbonyl (C=O) groups is 4. The molecule has 152 valence electrons. The first-order chi connectivity index (χ1) is 13.3. The quantitative estimate of drug-likeness (QED) is 0.470. The highest BCUT2D eigenvalue weighted by Gasteiger charge is 2.26. The van der Waals surface area contributed by atoms with Crippen molar-refractivity contribution in [2.24, 2.45) is 0 Å². The van der Waals surface area contributed by atoms with Crippen LogP contribution < -0.4 is 10.6 Å². The molecule has 28 heavy (non-hydrogen) atoms. The van der Waals surface area contributed by atoms with Gasteiger partial charge in [0.1, 0.15) is 17.9 Å². The van der Waals surface area contributed by atoms with E-state index >= 15 is 0 Å². The monoisotopic (exact) mass is 394 g/mol. The molecule has 0 bridgehead atoms. The molecule has 1 aromatic rings. The molecule has 0 spiro atoms. The Morgan fingerprint density at radius 2 is 1.68 bits per heavy atom. The smallest absolute Gasteiger partial charge is 0.330 e. The summed E-state index contributed by atoms with van der Waals surface area (Å²) in [6.45, 7) is 1.25. The van der Waals surface area contributed by atoms with Crippen molar-refractivity contribution in [1.82, 2.24) is 10.6 Å². The van der Waals surface area contributed by atoms with Gasteiger partial charge in [-0.3, -0.25) is 9.59 Å². The highest BCUT2D eigenvalue weighted by atomic mass is 19.1. The lowest BCUT2D eigenvalue weighted by Gasteiger charge is -2.21. The Morgan fingerprint density at radius 3 is 2.21 bits per heavy atom. The first-order valence-corrected chi connectivity index (χ1v) is 8.41. The fourth-order valence-corrected chi connectivity index (χ4v) is 2.31. The van der Waals surface area contributed by atoms with Gasteiger partial charge in [-0.25, -0.2) is 14.0 Å². The molecule has 1 rings (SSSR count). The van der Waals surface area contributed by atoms with Gasteiger partial charge in [-0.1, -0.05) is 18.2 Å². The Kier molecular flexibility index (Phi) is 9.35. The first kappa shape index (κ1) is 22.8. The highest BCUT2D eigenvalue weighted by molar-refractivity contribution is 5.90. The van der Waals surface area contributed by atoms with Gasteiger partial charge in [-0.15, -0.1) is 0 Å². The summed E-state index contributed by atoms with van der Waals surface area (Å²) < 4.78 is 22.2. The molecular weight excluding hydrogens is 371 g/mol. The van der Waals surface area contributed by atoms with E-state index in [-0.39, 0.29) is 12.8 Å². The third kappa shape index (κ3) is 7.98. The van der Waals surface area contributed by atoms with Gasteiger partial charge < -0.3 is 20.1 Å². The summed E-state index contributed by atoms with van der Waals surface area (Å²) in [5.74, 6) is -2.81. The molecule has 0 saturated heterocycles. The van der Waals surface area contributed by atoms with Crippen LogP contribution in [0.25, 0.3) is 0 Å². The molecule has 2 atom stereocenters. The van der Waals surface area contributed by atoms with Crippen molar-refractivity contribution >= 4 is 23.8 Å². The van der Waals surface area contributed by atoms with Crippen LogP contribution in [0.2, 0.25) is 0 Å². The normalized spacial score (nSPS) is 12.7. The van der Waals surface area contributed by atoms with Crippen LogP contribution in [0.4, 0.5) is 4.39 Å². The van der Waals surface area contributed by atoms with Gasteiger partial charge in [0, 0.05) is 19.4 Å². The summed E-state index contributed by atoms with van der Waals surface area (Å²) in [4.78, 5) is 47.1. The molecule has 0 aliphatic rings. The molecule has 0 saturated carbocycles. The van der Waals surface area contributed by atoms with E-state index in [0.717, 1.165) is 13.2 Å². The third-order valence-electron chi connectivity index (χ3n) is 3.68. The topological polar surface area (TPSA) is 111 Å². The average molecular weight is 394 g/mol. The summed E-state index contributed by atoms with van der Waals surface area (Å²) >= 11 is 0. The minimum absolute atomic E-state index is 0.0170. The van der Waals surface area contributed by atoms with Crippen LogP contribution in [0, 0.1) is 5.82 Å². The Labute approximate surface area is 162 Å². The van der Waals surface area contributed by atoms with Gasteiger partial charge in [-0.2, -0.15) is 0 Å². The van der Waals surface area contributed by atoms with Crippen LogP contribution >= 0.6 is 0 Å². The lowest BCUT2D eigenvalue weighted by atomic mass is 10.0. The molecule has 9 heteroatoms. The SMILES string of the molecule is COC(=O)/C=C/C[C@H](NC(=O)[C@@H](Cc1ccc(F)cc1)NC(C)=O)C(=O)OC. The van der Waals surface area contributed by atoms with Gasteiger partial charge in [-0.05, 0) is 24.1 Å². The number of halogens is 1. The lowest BCUT2D eigenvalue weighted by Crippen LogP contribution is -2.52. The molecule has 0 aromatic heterocycles. The van der Waals surface area contributed by atoms with Crippen LogP contribution in [-0.4, -0.2) is 50.1 Å². The van der Waals surface area contributed by atoms with E-state index in [4.69, 9.17) is 0 Å². The van der Waals surface area contributed by atoms with E-state index in [0.29, 0.717) is 5.56 Å². The molecule has 0 aliphatic carbocycles. The molecule has 2 amide bonds. The Balaban J connectivity index is 2.89. The fraction of sp³-hybridized carbons (Fsp3) is 0.368. The van der Waals surface area contributed by atoms with Crippen molar-refractivity contribution < 1.29 is 33.0 Å². The number of hydrogen-bond donors (Lipinski definition) is 2. The van der Waals surface area contributed by atoms with Crippen LogP contribution in [0.15, 0.2) is 36.4 Å². The number of esters is 2. The van der Waals surface area contributed by atoms with Crippen LogP contribution in [0.5, 0.6) is 0 Å². The minimum atomic E-state index is -1.07. The summed E-state index contributed by atoms with van der Waals surface area (Å²) in [6.07, 6.45) is 2.56. The molecule has 0 heterocycles. The summed E-state index contributed by atoms with van der Waals surface area (Å²) in [7, 11) is 2.37. The standard InChI is InChI=1S/C19H23FN2O6/c1-12(23)21-16(11-13-7-9-14(20)10-8-13)18(25)22-15(19(26)28-3)5-4-6-17(24)27-2/h4,6-10,15-16H,5,11H2,1-3H3,(H,21,23)(H,22,25)/b6-4+/t15-,16+/m0/s1. The van der Waals surface area contributed by atoms with E-state index < -0.39 is 41.7 Å². The van der Waals surface area contributed by atoms with Gasteiger partial charge in [0.05, 0.1) is 14.2 Å². The molecular formula is C19H23FN2O6. The molecule has 1 aromatic carbocycles. The highest BCUT2D eigenvalue weighted by Crippen LogP contribution is 2.07. The van der Waals surface area contributed by atoms with Crippen molar-refractivity contribution in [2.45, 2.75) is 31.8 Å². The Morgan fingerprint density at radius 1 is 1.04 bits per heavy atom. The maximum absolute atomic E-state index is 13.1. The largest absolute Gasteiger partial charge is 0.467 e. The maximum atomic E-state index is 13.1. The number of amides is 2. The van der Waals surface area contributed by atoms with Crippen molar-refractivity contribution in [1.29, 1.82) is 0 Å². The molecule has 8 nitrogen and oxygen atoms in total. The van der Waals surface area contributed by atoms with E-state index in [1.54, 1.807) is 0 Å².